The number of hydrogen-bond acceptors (Lipinski definition) is 2. The van der Waals surface area contributed by atoms with Gasteiger partial charge in [0.1, 0.15) is 0 Å². The lowest BCUT2D eigenvalue weighted by molar-refractivity contribution is 0.221. The molecule has 2 aliphatic rings. The molecular weight excluding hydrogens is 256 g/mol. The zero-order valence-corrected chi connectivity index (χ0v) is 12.3. The second-order valence-corrected chi connectivity index (χ2v) is 6.28. The van der Waals surface area contributed by atoms with Crippen LogP contribution in [0.4, 0.5) is 0 Å². The summed E-state index contributed by atoms with van der Waals surface area (Å²) >= 11 is 6.48. The van der Waals surface area contributed by atoms with Crippen molar-refractivity contribution in [3.63, 3.8) is 0 Å². The third kappa shape index (κ3) is 3.31. The first-order valence-electron chi connectivity index (χ1n) is 7.54. The molecule has 2 nitrogen and oxygen atoms in total. The Morgan fingerprint density at radius 2 is 2.05 bits per heavy atom. The van der Waals surface area contributed by atoms with Crippen molar-refractivity contribution in [2.45, 2.75) is 38.1 Å². The van der Waals surface area contributed by atoms with Crippen LogP contribution < -0.4 is 5.32 Å². The van der Waals surface area contributed by atoms with Crippen molar-refractivity contribution in [3.05, 3.63) is 34.3 Å². The molecule has 1 aromatic rings. The van der Waals surface area contributed by atoms with E-state index in [1.54, 1.807) is 0 Å². The summed E-state index contributed by atoms with van der Waals surface area (Å²) in [6.45, 7) is 5.71. The van der Waals surface area contributed by atoms with Gasteiger partial charge in [0.15, 0.2) is 0 Å². The van der Waals surface area contributed by atoms with Crippen LogP contribution >= 0.6 is 11.6 Å². The zero-order chi connectivity index (χ0) is 13.1. The summed E-state index contributed by atoms with van der Waals surface area (Å²) in [7, 11) is 0. The van der Waals surface area contributed by atoms with E-state index < -0.39 is 0 Å². The van der Waals surface area contributed by atoms with E-state index in [1.807, 2.05) is 0 Å². The second-order valence-electron chi connectivity index (χ2n) is 5.88. The Balaban J connectivity index is 1.68. The van der Waals surface area contributed by atoms with Crippen molar-refractivity contribution < 1.29 is 0 Å². The van der Waals surface area contributed by atoms with E-state index in [9.17, 15) is 0 Å². The van der Waals surface area contributed by atoms with Gasteiger partial charge in [-0.2, -0.15) is 0 Å². The average molecular weight is 279 g/mol. The van der Waals surface area contributed by atoms with Crippen molar-refractivity contribution in [1.29, 1.82) is 0 Å². The fourth-order valence-corrected chi connectivity index (χ4v) is 3.49. The molecule has 0 radical (unpaired) electrons. The minimum atomic E-state index is 0.654. The highest BCUT2D eigenvalue weighted by Crippen LogP contribution is 2.28. The summed E-state index contributed by atoms with van der Waals surface area (Å²) in [5.74, 6) is 0.654. The number of hydrogen-bond donors (Lipinski definition) is 1. The van der Waals surface area contributed by atoms with Gasteiger partial charge in [-0.1, -0.05) is 30.2 Å². The maximum atomic E-state index is 6.48. The average Bonchev–Trinajstić information content (AvgIpc) is 2.96. The van der Waals surface area contributed by atoms with Crippen LogP contribution in [0.3, 0.4) is 0 Å². The number of nitrogens with zero attached hydrogens (tertiary/aromatic N) is 1. The van der Waals surface area contributed by atoms with Crippen LogP contribution in [0.2, 0.25) is 5.02 Å². The molecule has 3 rings (SSSR count). The smallest absolute Gasteiger partial charge is 0.0453 e. The van der Waals surface area contributed by atoms with E-state index in [-0.39, 0.29) is 0 Å². The van der Waals surface area contributed by atoms with Gasteiger partial charge in [-0.25, -0.2) is 0 Å². The number of nitrogens with one attached hydrogen (secondary N) is 1. The molecule has 1 atom stereocenters. The zero-order valence-electron chi connectivity index (χ0n) is 11.5. The fourth-order valence-electron chi connectivity index (χ4n) is 3.24. The van der Waals surface area contributed by atoms with Gasteiger partial charge in [-0.05, 0) is 62.0 Å². The molecule has 3 heteroatoms. The standard InChI is InChI=1S/C16H23ClN2/c17-16-10-13(14-6-7-18-11-14)4-5-15(16)12-19-8-2-1-3-9-19/h4-5,10,14,18H,1-3,6-9,11-12H2. The van der Waals surface area contributed by atoms with Crippen molar-refractivity contribution in [3.8, 4) is 0 Å². The molecule has 2 heterocycles. The Morgan fingerprint density at radius 3 is 2.74 bits per heavy atom. The van der Waals surface area contributed by atoms with Gasteiger partial charge in [0.05, 0.1) is 0 Å². The molecule has 1 N–H and O–H groups in total. The van der Waals surface area contributed by atoms with Crippen LogP contribution in [0.1, 0.15) is 42.7 Å². The largest absolute Gasteiger partial charge is 0.316 e. The summed E-state index contributed by atoms with van der Waals surface area (Å²) < 4.78 is 0. The molecule has 2 fully saturated rings. The van der Waals surface area contributed by atoms with E-state index in [0.717, 1.165) is 24.7 Å². The predicted molar refractivity (Wildman–Crippen MR) is 80.8 cm³/mol. The first kappa shape index (κ1) is 13.4. The Bertz CT molecular complexity index is 421. The first-order chi connectivity index (χ1) is 9.33. The molecule has 0 amide bonds. The molecule has 1 aromatic carbocycles. The molecule has 0 aliphatic carbocycles. The Morgan fingerprint density at radius 1 is 1.21 bits per heavy atom. The van der Waals surface area contributed by atoms with Crippen LogP contribution in [-0.4, -0.2) is 31.1 Å². The van der Waals surface area contributed by atoms with Crippen LogP contribution in [0.15, 0.2) is 18.2 Å². The van der Waals surface area contributed by atoms with Crippen molar-refractivity contribution in [2.75, 3.05) is 26.2 Å². The molecule has 1 unspecified atom stereocenters. The maximum Gasteiger partial charge on any atom is 0.0453 e. The van der Waals surface area contributed by atoms with Gasteiger partial charge < -0.3 is 5.32 Å². The number of likely N-dealkylation sites (tertiary alicyclic amines) is 1. The Labute approximate surface area is 121 Å². The third-order valence-electron chi connectivity index (χ3n) is 4.45. The molecule has 0 spiro atoms. The van der Waals surface area contributed by atoms with E-state index in [1.165, 1.54) is 49.9 Å². The van der Waals surface area contributed by atoms with Crippen molar-refractivity contribution in [2.24, 2.45) is 0 Å². The molecule has 0 saturated carbocycles. The Hall–Kier alpha value is -0.570. The molecule has 2 aliphatic heterocycles. The quantitative estimate of drug-likeness (QED) is 0.912. The summed E-state index contributed by atoms with van der Waals surface area (Å²) in [4.78, 5) is 2.53. The normalized spacial score (nSPS) is 24.8. The van der Waals surface area contributed by atoms with Gasteiger partial charge in [0.25, 0.3) is 0 Å². The van der Waals surface area contributed by atoms with Gasteiger partial charge >= 0.3 is 0 Å². The lowest BCUT2D eigenvalue weighted by Gasteiger charge is -2.27. The van der Waals surface area contributed by atoms with Crippen molar-refractivity contribution in [1.82, 2.24) is 10.2 Å². The lowest BCUT2D eigenvalue weighted by Crippen LogP contribution is -2.29. The SMILES string of the molecule is Clc1cc(C2CCNC2)ccc1CN1CCCCC1. The number of piperidine rings is 1. The molecule has 104 valence electrons. The monoisotopic (exact) mass is 278 g/mol. The van der Waals surface area contributed by atoms with Crippen LogP contribution in [-0.2, 0) is 6.54 Å². The highest BCUT2D eigenvalue weighted by atomic mass is 35.5. The lowest BCUT2D eigenvalue weighted by atomic mass is 9.97. The minimum Gasteiger partial charge on any atom is -0.316 e. The number of rotatable bonds is 3. The second kappa shape index (κ2) is 6.25. The molecule has 0 bridgehead atoms. The van der Waals surface area contributed by atoms with Crippen molar-refractivity contribution >= 4 is 11.6 Å². The van der Waals surface area contributed by atoms with Gasteiger partial charge in [-0.3, -0.25) is 4.90 Å². The van der Waals surface area contributed by atoms with E-state index in [4.69, 9.17) is 11.6 Å². The molecule has 0 aromatic heterocycles. The molecule has 2 saturated heterocycles. The maximum absolute atomic E-state index is 6.48. The summed E-state index contributed by atoms with van der Waals surface area (Å²) in [5.41, 5.74) is 2.69. The van der Waals surface area contributed by atoms with Gasteiger partial charge in [0.2, 0.25) is 0 Å². The van der Waals surface area contributed by atoms with E-state index in [0.29, 0.717) is 5.92 Å². The minimum absolute atomic E-state index is 0.654. The van der Waals surface area contributed by atoms with E-state index >= 15 is 0 Å². The van der Waals surface area contributed by atoms with E-state index in [2.05, 4.69) is 28.4 Å². The topological polar surface area (TPSA) is 15.3 Å². The predicted octanol–water partition coefficient (Wildman–Crippen LogP) is 3.40. The van der Waals surface area contributed by atoms with Crippen LogP contribution in [0.5, 0.6) is 0 Å². The highest BCUT2D eigenvalue weighted by molar-refractivity contribution is 6.31. The number of halogens is 1. The summed E-state index contributed by atoms with van der Waals surface area (Å²) in [5, 5.41) is 4.37. The van der Waals surface area contributed by atoms with Crippen LogP contribution in [0.25, 0.3) is 0 Å². The van der Waals surface area contributed by atoms with Crippen LogP contribution in [0, 0.1) is 0 Å². The van der Waals surface area contributed by atoms with Gasteiger partial charge in [0, 0.05) is 18.1 Å². The summed E-state index contributed by atoms with van der Waals surface area (Å²) in [6.07, 6.45) is 5.30. The summed E-state index contributed by atoms with van der Waals surface area (Å²) in [6, 6.07) is 6.71. The third-order valence-corrected chi connectivity index (χ3v) is 4.80. The molecular formula is C16H23ClN2. The Kier molecular flexibility index (Phi) is 4.42. The number of benzene rings is 1. The molecule has 19 heavy (non-hydrogen) atoms. The fraction of sp³-hybridized carbons (Fsp3) is 0.625. The highest BCUT2D eigenvalue weighted by Gasteiger charge is 2.18. The van der Waals surface area contributed by atoms with Gasteiger partial charge in [-0.15, -0.1) is 0 Å². The first-order valence-corrected chi connectivity index (χ1v) is 7.92.